The van der Waals surface area contributed by atoms with Crippen LogP contribution in [0, 0.1) is 0 Å². The van der Waals surface area contributed by atoms with Crippen LogP contribution in [0.25, 0.3) is 0 Å². The Balaban J connectivity index is 2.78. The highest BCUT2D eigenvalue weighted by molar-refractivity contribution is 6.30. The number of benzene rings is 1. The van der Waals surface area contributed by atoms with Crippen molar-refractivity contribution in [1.29, 1.82) is 0 Å². The Bertz CT molecular complexity index is 473. The molecule has 21 heavy (non-hydrogen) atoms. The fourth-order valence-electron chi connectivity index (χ4n) is 2.04. The van der Waals surface area contributed by atoms with Crippen molar-refractivity contribution >= 4 is 17.5 Å². The zero-order valence-electron chi connectivity index (χ0n) is 13.2. The lowest BCUT2D eigenvalue weighted by molar-refractivity contribution is -0.128. The van der Waals surface area contributed by atoms with Crippen LogP contribution in [0.15, 0.2) is 18.2 Å². The number of hydrogen-bond donors (Lipinski definition) is 2. The SMILES string of the molecule is CCC(CC)NC(=O)C(C)Oc1ccc(Cl)cc1[C@H](C)N. The van der Waals surface area contributed by atoms with Crippen LogP contribution in [0.5, 0.6) is 5.75 Å². The molecule has 1 amide bonds. The normalized spacial score (nSPS) is 13.9. The van der Waals surface area contributed by atoms with Gasteiger partial charge in [0.15, 0.2) is 6.10 Å². The molecule has 3 N–H and O–H groups in total. The van der Waals surface area contributed by atoms with Crippen LogP contribution in [0.4, 0.5) is 0 Å². The molecule has 1 unspecified atom stereocenters. The van der Waals surface area contributed by atoms with Crippen molar-refractivity contribution in [2.24, 2.45) is 5.73 Å². The Labute approximate surface area is 132 Å². The molecule has 0 bridgehead atoms. The van der Waals surface area contributed by atoms with E-state index in [1.165, 1.54) is 0 Å². The van der Waals surface area contributed by atoms with Crippen LogP contribution in [0.1, 0.15) is 52.1 Å². The third-order valence-electron chi connectivity index (χ3n) is 3.47. The van der Waals surface area contributed by atoms with Crippen LogP contribution >= 0.6 is 11.6 Å². The fourth-order valence-corrected chi connectivity index (χ4v) is 2.22. The van der Waals surface area contributed by atoms with Gasteiger partial charge in [0.1, 0.15) is 5.75 Å². The smallest absolute Gasteiger partial charge is 0.260 e. The molecule has 2 atom stereocenters. The lowest BCUT2D eigenvalue weighted by atomic mass is 10.1. The monoisotopic (exact) mass is 312 g/mol. The number of hydrogen-bond acceptors (Lipinski definition) is 3. The first-order chi connectivity index (χ1) is 9.88. The molecule has 0 aliphatic carbocycles. The second kappa shape index (κ2) is 8.25. The summed E-state index contributed by atoms with van der Waals surface area (Å²) in [5.41, 5.74) is 6.72. The number of carbonyl (C=O) groups excluding carboxylic acids is 1. The second-order valence-electron chi connectivity index (χ2n) is 5.25. The molecule has 1 rings (SSSR count). The van der Waals surface area contributed by atoms with Gasteiger partial charge in [-0.2, -0.15) is 0 Å². The maximum absolute atomic E-state index is 12.1. The summed E-state index contributed by atoms with van der Waals surface area (Å²) < 4.78 is 5.76. The van der Waals surface area contributed by atoms with E-state index in [-0.39, 0.29) is 18.0 Å². The quantitative estimate of drug-likeness (QED) is 0.810. The van der Waals surface area contributed by atoms with Gasteiger partial charge in [0.25, 0.3) is 5.91 Å². The van der Waals surface area contributed by atoms with Gasteiger partial charge >= 0.3 is 0 Å². The maximum atomic E-state index is 12.1. The predicted molar refractivity (Wildman–Crippen MR) is 86.7 cm³/mol. The van der Waals surface area contributed by atoms with Gasteiger partial charge in [-0.3, -0.25) is 4.79 Å². The molecule has 0 saturated heterocycles. The molecule has 0 radical (unpaired) electrons. The van der Waals surface area contributed by atoms with Gasteiger partial charge in [-0.25, -0.2) is 0 Å². The Hall–Kier alpha value is -1.26. The zero-order chi connectivity index (χ0) is 16.0. The number of nitrogens with one attached hydrogen (secondary N) is 1. The summed E-state index contributed by atoms with van der Waals surface area (Å²) in [5.74, 6) is 0.482. The zero-order valence-corrected chi connectivity index (χ0v) is 13.9. The van der Waals surface area contributed by atoms with Crippen molar-refractivity contribution < 1.29 is 9.53 Å². The molecule has 118 valence electrons. The van der Waals surface area contributed by atoms with Crippen LogP contribution in [-0.2, 0) is 4.79 Å². The first-order valence-corrected chi connectivity index (χ1v) is 7.78. The van der Waals surface area contributed by atoms with Crippen molar-refractivity contribution in [2.45, 2.75) is 58.7 Å². The summed E-state index contributed by atoms with van der Waals surface area (Å²) >= 11 is 5.98. The van der Waals surface area contributed by atoms with Gasteiger partial charge in [0, 0.05) is 22.7 Å². The number of carbonyl (C=O) groups is 1. The van der Waals surface area contributed by atoms with Gasteiger partial charge in [-0.1, -0.05) is 25.4 Å². The standard InChI is InChI=1S/C16H25ClN2O2/c1-5-13(6-2)19-16(20)11(4)21-15-8-7-12(17)9-14(15)10(3)18/h7-11,13H,5-6,18H2,1-4H3,(H,19,20)/t10-,11?/m0/s1. The van der Waals surface area contributed by atoms with Crippen molar-refractivity contribution in [3.63, 3.8) is 0 Å². The van der Waals surface area contributed by atoms with E-state index < -0.39 is 6.10 Å². The number of ether oxygens (including phenoxy) is 1. The molecule has 5 heteroatoms. The Kier molecular flexibility index (Phi) is 6.99. The van der Waals surface area contributed by atoms with Crippen LogP contribution in [0.2, 0.25) is 5.02 Å². The van der Waals surface area contributed by atoms with Crippen molar-refractivity contribution in [3.05, 3.63) is 28.8 Å². The minimum Gasteiger partial charge on any atom is -0.481 e. The number of amides is 1. The third kappa shape index (κ3) is 5.21. The van der Waals surface area contributed by atoms with E-state index in [1.807, 2.05) is 20.8 Å². The lowest BCUT2D eigenvalue weighted by Gasteiger charge is -2.21. The van der Waals surface area contributed by atoms with E-state index in [1.54, 1.807) is 25.1 Å². The molecule has 0 spiro atoms. The summed E-state index contributed by atoms with van der Waals surface area (Å²) in [6.45, 7) is 7.69. The average Bonchev–Trinajstić information content (AvgIpc) is 2.45. The summed E-state index contributed by atoms with van der Waals surface area (Å²) in [6.07, 6.45) is 1.23. The van der Waals surface area contributed by atoms with Gasteiger partial charge in [-0.05, 0) is 44.9 Å². The first kappa shape index (κ1) is 17.8. The molecule has 0 aromatic heterocycles. The lowest BCUT2D eigenvalue weighted by Crippen LogP contribution is -2.42. The van der Waals surface area contributed by atoms with Gasteiger partial charge in [0.2, 0.25) is 0 Å². The molecule has 0 fully saturated rings. The minimum atomic E-state index is -0.579. The predicted octanol–water partition coefficient (Wildman–Crippen LogP) is 3.43. The molecule has 0 aliphatic heterocycles. The Morgan fingerprint density at radius 2 is 1.95 bits per heavy atom. The Morgan fingerprint density at radius 1 is 1.33 bits per heavy atom. The molecule has 1 aromatic carbocycles. The Morgan fingerprint density at radius 3 is 2.48 bits per heavy atom. The maximum Gasteiger partial charge on any atom is 0.260 e. The largest absolute Gasteiger partial charge is 0.481 e. The van der Waals surface area contributed by atoms with E-state index in [9.17, 15) is 4.79 Å². The van der Waals surface area contributed by atoms with Gasteiger partial charge < -0.3 is 15.8 Å². The highest BCUT2D eigenvalue weighted by atomic mass is 35.5. The van der Waals surface area contributed by atoms with Crippen molar-refractivity contribution in [3.8, 4) is 5.75 Å². The van der Waals surface area contributed by atoms with Crippen molar-refractivity contribution in [1.82, 2.24) is 5.32 Å². The van der Waals surface area contributed by atoms with E-state index in [2.05, 4.69) is 5.32 Å². The number of nitrogens with two attached hydrogens (primary N) is 1. The molecule has 0 aliphatic rings. The highest BCUT2D eigenvalue weighted by Gasteiger charge is 2.19. The van der Waals surface area contributed by atoms with E-state index in [0.29, 0.717) is 10.8 Å². The first-order valence-electron chi connectivity index (χ1n) is 7.41. The number of rotatable bonds is 7. The molecule has 0 saturated carbocycles. The summed E-state index contributed by atoms with van der Waals surface area (Å²) in [4.78, 5) is 12.1. The van der Waals surface area contributed by atoms with E-state index >= 15 is 0 Å². The molecular formula is C16H25ClN2O2. The molecule has 1 aromatic rings. The second-order valence-corrected chi connectivity index (χ2v) is 5.69. The van der Waals surface area contributed by atoms with Crippen LogP contribution < -0.4 is 15.8 Å². The van der Waals surface area contributed by atoms with Crippen LogP contribution in [0.3, 0.4) is 0 Å². The van der Waals surface area contributed by atoms with Crippen molar-refractivity contribution in [2.75, 3.05) is 0 Å². The minimum absolute atomic E-state index is 0.116. The molecule has 4 nitrogen and oxygen atoms in total. The average molecular weight is 313 g/mol. The summed E-state index contributed by atoms with van der Waals surface area (Å²) in [6, 6.07) is 5.22. The van der Waals surface area contributed by atoms with E-state index in [4.69, 9.17) is 22.1 Å². The topological polar surface area (TPSA) is 64.3 Å². The highest BCUT2D eigenvalue weighted by Crippen LogP contribution is 2.28. The molecule has 0 heterocycles. The van der Waals surface area contributed by atoms with Gasteiger partial charge in [0.05, 0.1) is 0 Å². The molecular weight excluding hydrogens is 288 g/mol. The van der Waals surface area contributed by atoms with Crippen LogP contribution in [-0.4, -0.2) is 18.1 Å². The van der Waals surface area contributed by atoms with Gasteiger partial charge in [-0.15, -0.1) is 0 Å². The summed E-state index contributed by atoms with van der Waals surface area (Å²) in [7, 11) is 0. The number of halogens is 1. The third-order valence-corrected chi connectivity index (χ3v) is 3.70. The van der Waals surface area contributed by atoms with E-state index in [0.717, 1.165) is 18.4 Å². The fraction of sp³-hybridized carbons (Fsp3) is 0.562. The summed E-state index contributed by atoms with van der Waals surface area (Å²) in [5, 5.41) is 3.58.